The number of benzene rings is 2. The van der Waals surface area contributed by atoms with Gasteiger partial charge in [-0.05, 0) is 64.0 Å². The first-order valence-corrected chi connectivity index (χ1v) is 10.1. The summed E-state index contributed by atoms with van der Waals surface area (Å²) in [5, 5.41) is 20.6. The highest BCUT2D eigenvalue weighted by atomic mass is 16.5. The van der Waals surface area contributed by atoms with Crippen LogP contribution in [-0.2, 0) is 6.42 Å². The van der Waals surface area contributed by atoms with Gasteiger partial charge in [0.15, 0.2) is 5.78 Å². The first kappa shape index (κ1) is 20.1. The van der Waals surface area contributed by atoms with Crippen molar-refractivity contribution >= 4 is 11.9 Å². The summed E-state index contributed by atoms with van der Waals surface area (Å²) in [6, 6.07) is 6.50. The highest BCUT2D eigenvalue weighted by Gasteiger charge is 2.39. The van der Waals surface area contributed by atoms with E-state index < -0.39 is 11.5 Å². The van der Waals surface area contributed by atoms with Gasteiger partial charge in [0, 0.05) is 5.56 Å². The Morgan fingerprint density at radius 2 is 1.87 bits per heavy atom. The van der Waals surface area contributed by atoms with Crippen molar-refractivity contribution in [3.63, 3.8) is 0 Å². The minimum Gasteiger partial charge on any atom is -0.508 e. The van der Waals surface area contributed by atoms with E-state index in [0.29, 0.717) is 23.5 Å². The molecule has 2 aromatic carbocycles. The van der Waals surface area contributed by atoms with Crippen LogP contribution in [0.5, 0.6) is 23.0 Å². The third-order valence-corrected chi connectivity index (χ3v) is 5.50. The fraction of sp³-hybridized carbons (Fsp3) is 0.320. The van der Waals surface area contributed by atoms with Crippen LogP contribution in [0, 0.1) is 0 Å². The highest BCUT2D eigenvalue weighted by molar-refractivity contribution is 6.08. The number of allylic oxidation sites excluding steroid dienone is 2. The van der Waals surface area contributed by atoms with Gasteiger partial charge < -0.3 is 19.7 Å². The van der Waals surface area contributed by atoms with E-state index in [-0.39, 0.29) is 29.5 Å². The number of fused-ring (bicyclic) bond motifs is 2. The molecule has 2 aromatic rings. The van der Waals surface area contributed by atoms with Crippen molar-refractivity contribution in [2.75, 3.05) is 6.61 Å². The number of phenols is 2. The smallest absolute Gasteiger partial charge is 0.181 e. The molecule has 0 amide bonds. The molecule has 0 fully saturated rings. The molecule has 30 heavy (non-hydrogen) atoms. The standard InChI is InChI=1S/C25H26O5/c1-14(2)5-10-18-23-17(11-12-25(3,4)30-23)21(27)20-22(28)19(13-29-24(18)20)15-6-8-16(26)9-7-15/h5-9,11-12,19,26-27H,10,13H2,1-4H3/t19-/m1/s1. The molecule has 2 N–H and O–H groups in total. The topological polar surface area (TPSA) is 76.0 Å². The number of Topliss-reactive ketones (excluding diaryl/α,β-unsaturated/α-hetero) is 1. The first-order chi connectivity index (χ1) is 14.2. The number of hydrogen-bond acceptors (Lipinski definition) is 5. The van der Waals surface area contributed by atoms with Crippen LogP contribution in [0.25, 0.3) is 6.08 Å². The van der Waals surface area contributed by atoms with Gasteiger partial charge in [-0.3, -0.25) is 4.79 Å². The second kappa shape index (κ2) is 7.24. The summed E-state index contributed by atoms with van der Waals surface area (Å²) in [7, 11) is 0. The summed E-state index contributed by atoms with van der Waals surface area (Å²) in [4.78, 5) is 13.4. The van der Waals surface area contributed by atoms with Crippen LogP contribution >= 0.6 is 0 Å². The van der Waals surface area contributed by atoms with Gasteiger partial charge in [0.25, 0.3) is 0 Å². The Balaban J connectivity index is 1.88. The minimum absolute atomic E-state index is 0.110. The lowest BCUT2D eigenvalue weighted by Gasteiger charge is -2.34. The van der Waals surface area contributed by atoms with Crippen LogP contribution in [0.3, 0.4) is 0 Å². The van der Waals surface area contributed by atoms with Crippen molar-refractivity contribution in [3.8, 4) is 23.0 Å². The average molecular weight is 406 g/mol. The Hall–Kier alpha value is -3.21. The zero-order chi connectivity index (χ0) is 21.6. The second-order valence-corrected chi connectivity index (χ2v) is 8.62. The van der Waals surface area contributed by atoms with Gasteiger partial charge in [0.05, 0.1) is 11.5 Å². The Kier molecular flexibility index (Phi) is 4.85. The maximum atomic E-state index is 13.4. The Morgan fingerprint density at radius 3 is 2.53 bits per heavy atom. The molecule has 0 bridgehead atoms. The van der Waals surface area contributed by atoms with E-state index >= 15 is 0 Å². The maximum Gasteiger partial charge on any atom is 0.181 e. The molecule has 2 aliphatic rings. The van der Waals surface area contributed by atoms with E-state index in [1.165, 1.54) is 0 Å². The van der Waals surface area contributed by atoms with Crippen LogP contribution in [0.2, 0.25) is 0 Å². The van der Waals surface area contributed by atoms with Crippen molar-refractivity contribution in [3.05, 3.63) is 64.2 Å². The molecule has 2 aliphatic heterocycles. The Labute approximate surface area is 176 Å². The minimum atomic E-state index is -0.553. The molecular weight excluding hydrogens is 380 g/mol. The van der Waals surface area contributed by atoms with Crippen LogP contribution < -0.4 is 9.47 Å². The van der Waals surface area contributed by atoms with Gasteiger partial charge >= 0.3 is 0 Å². The average Bonchev–Trinajstić information content (AvgIpc) is 2.67. The Bertz CT molecular complexity index is 1070. The van der Waals surface area contributed by atoms with Crippen LogP contribution in [-0.4, -0.2) is 28.2 Å². The zero-order valence-electron chi connectivity index (χ0n) is 17.7. The lowest BCUT2D eigenvalue weighted by Crippen LogP contribution is -2.31. The molecule has 1 atom stereocenters. The highest BCUT2D eigenvalue weighted by Crippen LogP contribution is 2.50. The predicted molar refractivity (Wildman–Crippen MR) is 116 cm³/mol. The van der Waals surface area contributed by atoms with E-state index in [4.69, 9.17) is 9.47 Å². The van der Waals surface area contributed by atoms with Crippen LogP contribution in [0.1, 0.15) is 60.7 Å². The lowest BCUT2D eigenvalue weighted by atomic mass is 9.84. The fourth-order valence-electron chi connectivity index (χ4n) is 3.87. The molecule has 0 spiro atoms. The molecule has 2 heterocycles. The van der Waals surface area contributed by atoms with Crippen LogP contribution in [0.15, 0.2) is 42.0 Å². The van der Waals surface area contributed by atoms with E-state index in [0.717, 1.165) is 16.7 Å². The van der Waals surface area contributed by atoms with E-state index in [9.17, 15) is 15.0 Å². The molecule has 0 unspecified atom stereocenters. The van der Waals surface area contributed by atoms with Crippen molar-refractivity contribution in [1.82, 2.24) is 0 Å². The number of hydrogen-bond donors (Lipinski definition) is 2. The van der Waals surface area contributed by atoms with Gasteiger partial charge in [-0.25, -0.2) is 0 Å². The molecular formula is C25H26O5. The quantitative estimate of drug-likeness (QED) is 0.690. The number of ketones is 1. The molecule has 5 heteroatoms. The Morgan fingerprint density at radius 1 is 1.17 bits per heavy atom. The normalized spacial score (nSPS) is 18.7. The SMILES string of the molecule is CC(C)=CCc1c2c(c(O)c3c1OC[C@H](c1ccc(O)cc1)C3=O)C=CC(C)(C)O2. The van der Waals surface area contributed by atoms with Crippen molar-refractivity contribution in [2.45, 2.75) is 45.6 Å². The number of carbonyl (C=O) groups excluding carboxylic acids is 1. The number of carbonyl (C=O) groups is 1. The molecule has 0 saturated heterocycles. The number of phenolic OH excluding ortho intramolecular Hbond substituents is 2. The van der Waals surface area contributed by atoms with Gasteiger partial charge in [0.1, 0.15) is 40.8 Å². The molecule has 0 aromatic heterocycles. The molecule has 0 radical (unpaired) electrons. The third-order valence-electron chi connectivity index (χ3n) is 5.50. The predicted octanol–water partition coefficient (Wildman–Crippen LogP) is 5.15. The fourth-order valence-corrected chi connectivity index (χ4v) is 3.87. The number of rotatable bonds is 3. The zero-order valence-corrected chi connectivity index (χ0v) is 17.7. The summed E-state index contributed by atoms with van der Waals surface area (Å²) >= 11 is 0. The summed E-state index contributed by atoms with van der Waals surface area (Å²) in [6.07, 6.45) is 6.28. The third kappa shape index (κ3) is 3.45. The summed E-state index contributed by atoms with van der Waals surface area (Å²) in [5.41, 5.74) is 2.82. The maximum absolute atomic E-state index is 13.4. The van der Waals surface area contributed by atoms with Crippen molar-refractivity contribution in [1.29, 1.82) is 0 Å². The molecule has 0 saturated carbocycles. The van der Waals surface area contributed by atoms with Gasteiger partial charge in [0.2, 0.25) is 0 Å². The van der Waals surface area contributed by atoms with E-state index in [1.54, 1.807) is 24.3 Å². The number of aromatic hydroxyl groups is 2. The molecule has 156 valence electrons. The molecule has 5 nitrogen and oxygen atoms in total. The summed E-state index contributed by atoms with van der Waals surface area (Å²) in [6.45, 7) is 8.07. The van der Waals surface area contributed by atoms with Gasteiger partial charge in [-0.1, -0.05) is 23.8 Å². The largest absolute Gasteiger partial charge is 0.508 e. The molecule has 0 aliphatic carbocycles. The van der Waals surface area contributed by atoms with Gasteiger partial charge in [-0.15, -0.1) is 0 Å². The monoisotopic (exact) mass is 406 g/mol. The van der Waals surface area contributed by atoms with E-state index in [1.807, 2.05) is 39.8 Å². The number of ether oxygens (including phenoxy) is 2. The van der Waals surface area contributed by atoms with Crippen molar-refractivity contribution in [2.24, 2.45) is 0 Å². The summed E-state index contributed by atoms with van der Waals surface area (Å²) in [5.74, 6) is 0.236. The van der Waals surface area contributed by atoms with E-state index in [2.05, 4.69) is 6.08 Å². The second-order valence-electron chi connectivity index (χ2n) is 8.62. The van der Waals surface area contributed by atoms with Gasteiger partial charge in [-0.2, -0.15) is 0 Å². The first-order valence-electron chi connectivity index (χ1n) is 10.1. The molecule has 4 rings (SSSR count). The summed E-state index contributed by atoms with van der Waals surface area (Å²) < 4.78 is 12.3. The van der Waals surface area contributed by atoms with Crippen LogP contribution in [0.4, 0.5) is 0 Å². The van der Waals surface area contributed by atoms with Crippen molar-refractivity contribution < 1.29 is 24.5 Å². The lowest BCUT2D eigenvalue weighted by molar-refractivity contribution is 0.0889.